The van der Waals surface area contributed by atoms with E-state index in [4.69, 9.17) is 9.47 Å². The van der Waals surface area contributed by atoms with Gasteiger partial charge in [-0.15, -0.1) is 0 Å². The summed E-state index contributed by atoms with van der Waals surface area (Å²) in [6.45, 7) is 4.80. The molecule has 0 saturated heterocycles. The maximum atomic E-state index is 5.73. The highest BCUT2D eigenvalue weighted by atomic mass is 16.7. The molecule has 80 valence electrons. The van der Waals surface area contributed by atoms with Gasteiger partial charge in [0, 0.05) is 25.6 Å². The Morgan fingerprint density at radius 2 is 1.79 bits per heavy atom. The van der Waals surface area contributed by atoms with Gasteiger partial charge >= 0.3 is 0 Å². The number of hydrogen-bond acceptors (Lipinski definition) is 2. The fourth-order valence-electron chi connectivity index (χ4n) is 5.11. The predicted octanol–water partition coefficient (Wildman–Crippen LogP) is 2.43. The minimum Gasteiger partial charge on any atom is -0.352 e. The molecule has 4 atom stereocenters. The van der Waals surface area contributed by atoms with Gasteiger partial charge in [0.15, 0.2) is 5.79 Å². The summed E-state index contributed by atoms with van der Waals surface area (Å²) in [5.41, 5.74) is 0.774. The second kappa shape index (κ2) is 2.19. The highest BCUT2D eigenvalue weighted by molar-refractivity contribution is 5.30. The molecule has 0 aromatic carbocycles. The number of hydrogen-bond donors (Lipinski definition) is 0. The minimum absolute atomic E-state index is 0.261. The van der Waals surface area contributed by atoms with Crippen molar-refractivity contribution in [3.8, 4) is 0 Å². The molecular weight excluding hydrogens is 176 g/mol. The molecule has 0 spiro atoms. The van der Waals surface area contributed by atoms with E-state index in [0.29, 0.717) is 11.3 Å². The van der Waals surface area contributed by atoms with Crippen LogP contribution in [0.4, 0.5) is 0 Å². The van der Waals surface area contributed by atoms with Crippen LogP contribution in [0.1, 0.15) is 33.1 Å². The summed E-state index contributed by atoms with van der Waals surface area (Å²) >= 11 is 0. The lowest BCUT2D eigenvalue weighted by Crippen LogP contribution is -2.80. The van der Waals surface area contributed by atoms with Gasteiger partial charge in [0.05, 0.1) is 0 Å². The second-order valence-corrected chi connectivity index (χ2v) is 5.71. The van der Waals surface area contributed by atoms with Gasteiger partial charge in [-0.05, 0) is 30.6 Å². The topological polar surface area (TPSA) is 18.5 Å². The van der Waals surface area contributed by atoms with Crippen LogP contribution in [0.3, 0.4) is 0 Å². The van der Waals surface area contributed by atoms with Crippen molar-refractivity contribution >= 4 is 0 Å². The Hall–Kier alpha value is -0.0800. The van der Waals surface area contributed by atoms with Crippen LogP contribution >= 0.6 is 0 Å². The molecule has 3 aliphatic rings. The van der Waals surface area contributed by atoms with E-state index in [1.165, 1.54) is 19.3 Å². The molecule has 3 saturated carbocycles. The summed E-state index contributed by atoms with van der Waals surface area (Å²) < 4.78 is 11.5. The van der Waals surface area contributed by atoms with Crippen molar-refractivity contribution in [2.45, 2.75) is 38.9 Å². The van der Waals surface area contributed by atoms with Crippen LogP contribution in [0.25, 0.3) is 0 Å². The monoisotopic (exact) mass is 196 g/mol. The first-order valence-corrected chi connectivity index (χ1v) is 5.67. The smallest absolute Gasteiger partial charge is 0.176 e. The van der Waals surface area contributed by atoms with Crippen molar-refractivity contribution in [3.05, 3.63) is 0 Å². The van der Waals surface area contributed by atoms with Gasteiger partial charge in [0.2, 0.25) is 0 Å². The minimum atomic E-state index is -0.269. The molecule has 2 heteroatoms. The summed E-state index contributed by atoms with van der Waals surface area (Å²) in [5.74, 6) is 1.31. The maximum Gasteiger partial charge on any atom is 0.176 e. The van der Waals surface area contributed by atoms with Gasteiger partial charge < -0.3 is 9.47 Å². The lowest BCUT2D eigenvalue weighted by Gasteiger charge is -2.77. The number of methoxy groups -OCH3 is 2. The van der Waals surface area contributed by atoms with Crippen LogP contribution < -0.4 is 0 Å². The van der Waals surface area contributed by atoms with Gasteiger partial charge in [-0.1, -0.05) is 13.8 Å². The highest BCUT2D eigenvalue weighted by Crippen LogP contribution is 2.85. The second-order valence-electron chi connectivity index (χ2n) is 5.71. The fourth-order valence-corrected chi connectivity index (χ4v) is 5.11. The molecule has 0 N–H and O–H groups in total. The SMILES string of the molecule is COC1(OC)C2C[C@@H]3CC[C@@]1(C)C23C. The Balaban J connectivity index is 2.06. The largest absolute Gasteiger partial charge is 0.352 e. The Bertz CT molecular complexity index is 284. The standard InChI is InChI=1S/C12H20O2/c1-10-6-5-8-7-9(11(8,10)2)12(10,13-3)14-4/h8-9H,5-7H2,1-4H3/t8-,9?,10-,11?/m0/s1. The zero-order valence-electron chi connectivity index (χ0n) is 9.59. The van der Waals surface area contributed by atoms with Crippen molar-refractivity contribution in [1.29, 1.82) is 0 Å². The summed E-state index contributed by atoms with van der Waals surface area (Å²) in [6, 6.07) is 0. The van der Waals surface area contributed by atoms with Crippen molar-refractivity contribution in [2.75, 3.05) is 14.2 Å². The average Bonchev–Trinajstić information content (AvgIpc) is 2.34. The molecule has 0 heterocycles. The maximum absolute atomic E-state index is 5.73. The molecule has 0 amide bonds. The molecule has 3 rings (SSSR count). The quantitative estimate of drug-likeness (QED) is 0.631. The molecule has 3 fully saturated rings. The van der Waals surface area contributed by atoms with E-state index in [0.717, 1.165) is 5.92 Å². The Kier molecular flexibility index (Phi) is 1.44. The molecule has 2 nitrogen and oxygen atoms in total. The molecular formula is C12H20O2. The van der Waals surface area contributed by atoms with Crippen molar-refractivity contribution in [1.82, 2.24) is 0 Å². The van der Waals surface area contributed by atoms with Gasteiger partial charge in [-0.2, -0.15) is 0 Å². The van der Waals surface area contributed by atoms with E-state index in [1.54, 1.807) is 14.2 Å². The predicted molar refractivity (Wildman–Crippen MR) is 53.8 cm³/mol. The molecule has 0 radical (unpaired) electrons. The third kappa shape index (κ3) is 0.527. The summed E-state index contributed by atoms with van der Waals surface area (Å²) in [7, 11) is 3.61. The molecule has 0 aromatic heterocycles. The summed E-state index contributed by atoms with van der Waals surface area (Å²) in [6.07, 6.45) is 3.96. The van der Waals surface area contributed by atoms with Crippen LogP contribution in [-0.4, -0.2) is 20.0 Å². The van der Waals surface area contributed by atoms with E-state index in [-0.39, 0.29) is 11.2 Å². The first-order valence-electron chi connectivity index (χ1n) is 5.67. The van der Waals surface area contributed by atoms with E-state index in [9.17, 15) is 0 Å². The van der Waals surface area contributed by atoms with E-state index in [2.05, 4.69) is 13.8 Å². The molecule has 14 heavy (non-hydrogen) atoms. The molecule has 2 unspecified atom stereocenters. The Morgan fingerprint density at radius 3 is 2.36 bits per heavy atom. The Labute approximate surface area is 86.0 Å². The third-order valence-electron chi connectivity index (χ3n) is 6.11. The normalized spacial score (nSPS) is 57.4. The van der Waals surface area contributed by atoms with Crippen LogP contribution in [0.5, 0.6) is 0 Å². The molecule has 0 bridgehead atoms. The van der Waals surface area contributed by atoms with Crippen LogP contribution in [0.15, 0.2) is 0 Å². The first-order chi connectivity index (χ1) is 6.57. The van der Waals surface area contributed by atoms with Gasteiger partial charge in [0.25, 0.3) is 0 Å². The number of rotatable bonds is 2. The lowest BCUT2D eigenvalue weighted by molar-refractivity contribution is -0.450. The van der Waals surface area contributed by atoms with Crippen molar-refractivity contribution in [3.63, 3.8) is 0 Å². The van der Waals surface area contributed by atoms with Crippen LogP contribution in [-0.2, 0) is 9.47 Å². The molecule has 3 aliphatic carbocycles. The number of ether oxygens (including phenoxy) is 2. The zero-order valence-corrected chi connectivity index (χ0v) is 9.59. The van der Waals surface area contributed by atoms with Gasteiger partial charge in [-0.25, -0.2) is 0 Å². The van der Waals surface area contributed by atoms with Crippen LogP contribution in [0, 0.1) is 22.7 Å². The highest BCUT2D eigenvalue weighted by Gasteiger charge is 2.86. The average molecular weight is 196 g/mol. The summed E-state index contributed by atoms with van der Waals surface area (Å²) in [4.78, 5) is 0. The van der Waals surface area contributed by atoms with Crippen molar-refractivity contribution < 1.29 is 9.47 Å². The fraction of sp³-hybridized carbons (Fsp3) is 1.00. The lowest BCUT2D eigenvalue weighted by atomic mass is 9.32. The van der Waals surface area contributed by atoms with E-state index < -0.39 is 0 Å². The summed E-state index contributed by atoms with van der Waals surface area (Å²) in [5, 5.41) is 0. The van der Waals surface area contributed by atoms with Crippen LogP contribution in [0.2, 0.25) is 0 Å². The van der Waals surface area contributed by atoms with Crippen molar-refractivity contribution in [2.24, 2.45) is 22.7 Å². The molecule has 0 aromatic rings. The van der Waals surface area contributed by atoms with E-state index >= 15 is 0 Å². The first kappa shape index (κ1) is 9.17. The van der Waals surface area contributed by atoms with Gasteiger partial charge in [-0.3, -0.25) is 0 Å². The zero-order chi connectivity index (χ0) is 10.2. The van der Waals surface area contributed by atoms with Gasteiger partial charge in [0.1, 0.15) is 0 Å². The third-order valence-corrected chi connectivity index (χ3v) is 6.11. The Morgan fingerprint density at radius 1 is 1.14 bits per heavy atom. The molecule has 0 aliphatic heterocycles. The van der Waals surface area contributed by atoms with E-state index in [1.807, 2.05) is 0 Å².